The average molecular weight is 403 g/mol. The lowest BCUT2D eigenvalue weighted by atomic mass is 10.1. The maximum atomic E-state index is 12.8. The number of H-pyrrole nitrogens is 1. The molecule has 0 radical (unpaired) electrons. The second-order valence-corrected chi connectivity index (χ2v) is 6.91. The Hall–Kier alpha value is -3.94. The molecule has 0 aliphatic heterocycles. The molecule has 1 amide bonds. The molecule has 30 heavy (non-hydrogen) atoms. The highest BCUT2D eigenvalue weighted by Gasteiger charge is 2.15. The molecular weight excluding hydrogens is 382 g/mol. The standard InChI is InChI=1S/C22H21N5O3/c1-27-13-18(16-5-3-4-6-17(16)21(27)29)20(28)24-22-23-19(25-26-22)12-9-14-7-10-15(30-2)11-8-14/h3-8,10-11,13H,9,12H2,1-2H3,(H2,23,24,25,26,28). The van der Waals surface area contributed by atoms with Crippen LogP contribution in [0.15, 0.2) is 59.5 Å². The number of nitrogens with one attached hydrogen (secondary N) is 2. The van der Waals surface area contributed by atoms with Crippen molar-refractivity contribution in [1.82, 2.24) is 19.7 Å². The Morgan fingerprint density at radius 2 is 1.83 bits per heavy atom. The summed E-state index contributed by atoms with van der Waals surface area (Å²) >= 11 is 0. The second-order valence-electron chi connectivity index (χ2n) is 6.91. The summed E-state index contributed by atoms with van der Waals surface area (Å²) in [6.45, 7) is 0. The van der Waals surface area contributed by atoms with E-state index >= 15 is 0 Å². The van der Waals surface area contributed by atoms with Crippen LogP contribution in [0, 0.1) is 0 Å². The van der Waals surface area contributed by atoms with Gasteiger partial charge >= 0.3 is 0 Å². The number of fused-ring (bicyclic) bond motifs is 1. The smallest absolute Gasteiger partial charge is 0.260 e. The summed E-state index contributed by atoms with van der Waals surface area (Å²) in [5, 5.41) is 10.7. The predicted octanol–water partition coefficient (Wildman–Crippen LogP) is 2.70. The van der Waals surface area contributed by atoms with Gasteiger partial charge < -0.3 is 9.30 Å². The molecule has 152 valence electrons. The van der Waals surface area contributed by atoms with Gasteiger partial charge in [-0.25, -0.2) is 0 Å². The molecule has 0 unspecified atom stereocenters. The Balaban J connectivity index is 1.47. The first kappa shape index (κ1) is 19.4. The molecule has 8 heteroatoms. The van der Waals surface area contributed by atoms with Crippen LogP contribution >= 0.6 is 0 Å². The number of ether oxygens (including phenoxy) is 1. The van der Waals surface area contributed by atoms with E-state index in [1.54, 1.807) is 38.4 Å². The van der Waals surface area contributed by atoms with E-state index in [-0.39, 0.29) is 17.4 Å². The summed E-state index contributed by atoms with van der Waals surface area (Å²) in [5.74, 6) is 1.31. The number of aromatic nitrogens is 4. The van der Waals surface area contributed by atoms with Gasteiger partial charge in [-0.2, -0.15) is 4.98 Å². The van der Waals surface area contributed by atoms with Crippen LogP contribution in [-0.2, 0) is 19.9 Å². The van der Waals surface area contributed by atoms with E-state index in [9.17, 15) is 9.59 Å². The number of aromatic amines is 1. The van der Waals surface area contributed by atoms with Gasteiger partial charge in [0.05, 0.1) is 12.7 Å². The lowest BCUT2D eigenvalue weighted by Crippen LogP contribution is -2.21. The Labute approximate surface area is 172 Å². The van der Waals surface area contributed by atoms with E-state index < -0.39 is 0 Å². The minimum atomic E-state index is -0.373. The van der Waals surface area contributed by atoms with E-state index in [1.807, 2.05) is 24.3 Å². The zero-order chi connectivity index (χ0) is 21.1. The number of amides is 1. The monoisotopic (exact) mass is 403 g/mol. The summed E-state index contributed by atoms with van der Waals surface area (Å²) in [6, 6.07) is 14.9. The molecule has 0 saturated heterocycles. The Bertz CT molecular complexity index is 1260. The van der Waals surface area contributed by atoms with E-state index in [2.05, 4.69) is 20.5 Å². The van der Waals surface area contributed by atoms with Crippen molar-refractivity contribution in [2.75, 3.05) is 12.4 Å². The summed E-state index contributed by atoms with van der Waals surface area (Å²) < 4.78 is 6.56. The first-order valence-corrected chi connectivity index (χ1v) is 9.49. The van der Waals surface area contributed by atoms with E-state index in [4.69, 9.17) is 4.74 Å². The average Bonchev–Trinajstić information content (AvgIpc) is 3.22. The maximum absolute atomic E-state index is 12.8. The van der Waals surface area contributed by atoms with Gasteiger partial charge in [0.2, 0.25) is 5.95 Å². The lowest BCUT2D eigenvalue weighted by Gasteiger charge is -2.08. The van der Waals surface area contributed by atoms with E-state index in [0.29, 0.717) is 28.6 Å². The molecule has 0 saturated carbocycles. The van der Waals surface area contributed by atoms with Crippen LogP contribution in [0.1, 0.15) is 21.7 Å². The van der Waals surface area contributed by atoms with E-state index in [1.165, 1.54) is 10.8 Å². The number of rotatable bonds is 6. The molecule has 0 aliphatic carbocycles. The van der Waals surface area contributed by atoms with Crippen LogP contribution in [0.25, 0.3) is 10.8 Å². The predicted molar refractivity (Wildman–Crippen MR) is 114 cm³/mol. The SMILES string of the molecule is COc1ccc(CCc2nc(NC(=O)c3cn(C)c(=O)c4ccccc34)n[nH]2)cc1. The summed E-state index contributed by atoms with van der Waals surface area (Å²) in [5.41, 5.74) is 1.38. The van der Waals surface area contributed by atoms with Gasteiger partial charge in [0, 0.05) is 30.4 Å². The fourth-order valence-electron chi connectivity index (χ4n) is 3.28. The Morgan fingerprint density at radius 3 is 2.57 bits per heavy atom. The highest BCUT2D eigenvalue weighted by atomic mass is 16.5. The van der Waals surface area contributed by atoms with Gasteiger partial charge in [-0.1, -0.05) is 30.3 Å². The van der Waals surface area contributed by atoms with Gasteiger partial charge in [0.1, 0.15) is 11.6 Å². The fraction of sp³-hybridized carbons (Fsp3) is 0.182. The molecule has 0 atom stereocenters. The Morgan fingerprint density at radius 1 is 1.10 bits per heavy atom. The third-order valence-corrected chi connectivity index (χ3v) is 4.90. The molecule has 0 bridgehead atoms. The molecule has 4 aromatic rings. The van der Waals surface area contributed by atoms with Gasteiger partial charge in [0.15, 0.2) is 0 Å². The number of benzene rings is 2. The van der Waals surface area contributed by atoms with Crippen LogP contribution < -0.4 is 15.6 Å². The summed E-state index contributed by atoms with van der Waals surface area (Å²) in [6.07, 6.45) is 2.95. The van der Waals surface area contributed by atoms with Crippen molar-refractivity contribution in [2.45, 2.75) is 12.8 Å². The summed E-state index contributed by atoms with van der Waals surface area (Å²) in [4.78, 5) is 29.4. The maximum Gasteiger partial charge on any atom is 0.260 e. The number of hydrogen-bond donors (Lipinski definition) is 2. The first-order valence-electron chi connectivity index (χ1n) is 9.49. The first-order chi connectivity index (χ1) is 14.5. The molecule has 0 spiro atoms. The van der Waals surface area contributed by atoms with Gasteiger partial charge in [-0.05, 0) is 30.2 Å². The van der Waals surface area contributed by atoms with Crippen molar-refractivity contribution in [3.05, 3.63) is 82.0 Å². The van der Waals surface area contributed by atoms with E-state index in [0.717, 1.165) is 17.7 Å². The quantitative estimate of drug-likeness (QED) is 0.515. The minimum absolute atomic E-state index is 0.152. The molecule has 2 N–H and O–H groups in total. The highest BCUT2D eigenvalue weighted by Crippen LogP contribution is 2.17. The van der Waals surface area contributed by atoms with Gasteiger partial charge in [-0.3, -0.25) is 20.0 Å². The van der Waals surface area contributed by atoms with Crippen molar-refractivity contribution >= 4 is 22.6 Å². The van der Waals surface area contributed by atoms with Gasteiger partial charge in [-0.15, -0.1) is 5.10 Å². The van der Waals surface area contributed by atoms with Crippen LogP contribution in [-0.4, -0.2) is 32.8 Å². The van der Waals surface area contributed by atoms with Crippen molar-refractivity contribution in [2.24, 2.45) is 7.05 Å². The molecular formula is C22H21N5O3. The third kappa shape index (κ3) is 3.93. The topological polar surface area (TPSA) is 102 Å². The zero-order valence-corrected chi connectivity index (χ0v) is 16.7. The van der Waals surface area contributed by atoms with Crippen LogP contribution in [0.2, 0.25) is 0 Å². The number of aryl methyl sites for hydroxylation is 3. The zero-order valence-electron chi connectivity index (χ0n) is 16.7. The van der Waals surface area contributed by atoms with Crippen molar-refractivity contribution in [3.63, 3.8) is 0 Å². The molecule has 8 nitrogen and oxygen atoms in total. The minimum Gasteiger partial charge on any atom is -0.497 e. The molecule has 2 aromatic heterocycles. The third-order valence-electron chi connectivity index (χ3n) is 4.90. The van der Waals surface area contributed by atoms with Crippen LogP contribution in [0.4, 0.5) is 5.95 Å². The normalized spacial score (nSPS) is 10.9. The number of hydrogen-bond acceptors (Lipinski definition) is 5. The number of anilines is 1. The highest BCUT2D eigenvalue weighted by molar-refractivity contribution is 6.12. The number of pyridine rings is 1. The largest absolute Gasteiger partial charge is 0.497 e. The molecule has 4 rings (SSSR count). The van der Waals surface area contributed by atoms with Gasteiger partial charge in [0.25, 0.3) is 11.5 Å². The van der Waals surface area contributed by atoms with Crippen molar-refractivity contribution < 1.29 is 9.53 Å². The lowest BCUT2D eigenvalue weighted by molar-refractivity contribution is 0.102. The second kappa shape index (κ2) is 8.20. The fourth-order valence-corrected chi connectivity index (χ4v) is 3.28. The molecule has 2 aromatic carbocycles. The van der Waals surface area contributed by atoms with Crippen LogP contribution in [0.3, 0.4) is 0 Å². The molecule has 0 fully saturated rings. The number of carbonyl (C=O) groups is 1. The number of nitrogens with zero attached hydrogens (tertiary/aromatic N) is 3. The van der Waals surface area contributed by atoms with Crippen molar-refractivity contribution in [1.29, 1.82) is 0 Å². The van der Waals surface area contributed by atoms with Crippen molar-refractivity contribution in [3.8, 4) is 5.75 Å². The molecule has 0 aliphatic rings. The Kier molecular flexibility index (Phi) is 5.30. The molecule has 2 heterocycles. The summed E-state index contributed by atoms with van der Waals surface area (Å²) in [7, 11) is 3.26. The number of carbonyl (C=O) groups excluding carboxylic acids is 1. The van der Waals surface area contributed by atoms with Crippen LogP contribution in [0.5, 0.6) is 5.75 Å². The number of methoxy groups -OCH3 is 1.